The lowest BCUT2D eigenvalue weighted by Gasteiger charge is -2.37. The molecule has 1 aromatic heterocycles. The molecular weight excluding hydrogens is 396 g/mol. The molecule has 1 saturated heterocycles. The molecule has 0 unspecified atom stereocenters. The van der Waals surface area contributed by atoms with Crippen LogP contribution in [0.3, 0.4) is 0 Å². The first-order chi connectivity index (χ1) is 14.7. The number of nitrogens with zero attached hydrogens (tertiary/aromatic N) is 4. The van der Waals surface area contributed by atoms with Crippen molar-refractivity contribution >= 4 is 34.2 Å². The van der Waals surface area contributed by atoms with Crippen molar-refractivity contribution in [3.63, 3.8) is 0 Å². The standard InChI is InChI=1S/C24H25ClN4O/c25-19-11-9-17(10-12-19)22-26-21-8-4-3-7-20(21)23(27-22)28-13-15-29(16-14-28)24(30)18-5-1-2-6-18/h3-4,7-12,18H,1-2,5-6,13-16H2. The number of rotatable bonds is 3. The minimum absolute atomic E-state index is 0.243. The summed E-state index contributed by atoms with van der Waals surface area (Å²) in [5.74, 6) is 2.23. The molecule has 0 atom stereocenters. The second-order valence-electron chi connectivity index (χ2n) is 8.19. The average Bonchev–Trinajstić information content (AvgIpc) is 3.33. The van der Waals surface area contributed by atoms with Gasteiger partial charge in [0.2, 0.25) is 5.91 Å². The molecule has 2 aliphatic rings. The van der Waals surface area contributed by atoms with Crippen LogP contribution in [0.15, 0.2) is 48.5 Å². The van der Waals surface area contributed by atoms with Crippen molar-refractivity contribution in [2.45, 2.75) is 25.7 Å². The first-order valence-electron chi connectivity index (χ1n) is 10.8. The molecule has 3 aromatic rings. The van der Waals surface area contributed by atoms with Gasteiger partial charge in [0.25, 0.3) is 0 Å². The van der Waals surface area contributed by atoms with Crippen LogP contribution in [0.1, 0.15) is 25.7 Å². The number of aromatic nitrogens is 2. The molecule has 1 amide bonds. The highest BCUT2D eigenvalue weighted by molar-refractivity contribution is 6.30. The highest BCUT2D eigenvalue weighted by Gasteiger charge is 2.30. The van der Waals surface area contributed by atoms with Crippen molar-refractivity contribution in [1.29, 1.82) is 0 Å². The molecule has 5 rings (SSSR count). The summed E-state index contributed by atoms with van der Waals surface area (Å²) in [6.07, 6.45) is 4.49. The second kappa shape index (κ2) is 8.23. The van der Waals surface area contributed by atoms with Gasteiger partial charge in [-0.15, -0.1) is 0 Å². The van der Waals surface area contributed by atoms with Crippen molar-refractivity contribution in [2.24, 2.45) is 5.92 Å². The molecule has 2 heterocycles. The Kier molecular flexibility index (Phi) is 5.30. The van der Waals surface area contributed by atoms with Crippen molar-refractivity contribution < 1.29 is 4.79 Å². The zero-order valence-corrected chi connectivity index (χ0v) is 17.7. The van der Waals surface area contributed by atoms with E-state index in [1.165, 1.54) is 12.8 Å². The fraction of sp³-hybridized carbons (Fsp3) is 0.375. The van der Waals surface area contributed by atoms with Crippen LogP contribution in [0.25, 0.3) is 22.3 Å². The normalized spacial score (nSPS) is 17.6. The van der Waals surface area contributed by atoms with Gasteiger partial charge in [0.05, 0.1) is 5.52 Å². The topological polar surface area (TPSA) is 49.3 Å². The number of carbonyl (C=O) groups is 1. The molecule has 0 radical (unpaired) electrons. The number of carbonyl (C=O) groups excluding carboxylic acids is 1. The number of amides is 1. The quantitative estimate of drug-likeness (QED) is 0.611. The number of benzene rings is 2. The number of halogens is 1. The number of fused-ring (bicyclic) bond motifs is 1. The van der Waals surface area contributed by atoms with Crippen LogP contribution in [0, 0.1) is 5.92 Å². The zero-order valence-electron chi connectivity index (χ0n) is 16.9. The van der Waals surface area contributed by atoms with Gasteiger partial charge in [-0.2, -0.15) is 0 Å². The van der Waals surface area contributed by atoms with Gasteiger partial charge in [0.15, 0.2) is 5.82 Å². The Morgan fingerprint density at radius 2 is 1.60 bits per heavy atom. The van der Waals surface area contributed by atoms with E-state index < -0.39 is 0 Å². The molecule has 154 valence electrons. The Morgan fingerprint density at radius 1 is 0.900 bits per heavy atom. The number of piperazine rings is 1. The molecule has 2 fully saturated rings. The molecule has 2 aromatic carbocycles. The summed E-state index contributed by atoms with van der Waals surface area (Å²) in [4.78, 5) is 26.9. The predicted molar refractivity (Wildman–Crippen MR) is 121 cm³/mol. The van der Waals surface area contributed by atoms with Crippen molar-refractivity contribution in [3.8, 4) is 11.4 Å². The van der Waals surface area contributed by atoms with E-state index in [4.69, 9.17) is 21.6 Å². The van der Waals surface area contributed by atoms with Gasteiger partial charge < -0.3 is 9.80 Å². The lowest BCUT2D eigenvalue weighted by Crippen LogP contribution is -2.50. The van der Waals surface area contributed by atoms with E-state index in [0.29, 0.717) is 16.8 Å². The Labute approximate surface area is 181 Å². The minimum atomic E-state index is 0.243. The van der Waals surface area contributed by atoms with E-state index in [1.807, 2.05) is 42.5 Å². The van der Waals surface area contributed by atoms with Crippen LogP contribution in [0.5, 0.6) is 0 Å². The van der Waals surface area contributed by atoms with Gasteiger partial charge in [-0.25, -0.2) is 9.97 Å². The SMILES string of the molecule is O=C(C1CCCC1)N1CCN(c2nc(-c3ccc(Cl)cc3)nc3ccccc23)CC1. The minimum Gasteiger partial charge on any atom is -0.352 e. The lowest BCUT2D eigenvalue weighted by molar-refractivity contribution is -0.135. The van der Waals surface area contributed by atoms with Crippen molar-refractivity contribution in [3.05, 3.63) is 53.6 Å². The Balaban J connectivity index is 1.42. The predicted octanol–water partition coefficient (Wildman–Crippen LogP) is 4.79. The molecule has 0 bridgehead atoms. The van der Waals surface area contributed by atoms with Crippen LogP contribution in [0.4, 0.5) is 5.82 Å². The highest BCUT2D eigenvalue weighted by atomic mass is 35.5. The first kappa shape index (κ1) is 19.3. The van der Waals surface area contributed by atoms with Crippen LogP contribution < -0.4 is 4.90 Å². The number of hydrogen-bond donors (Lipinski definition) is 0. The number of para-hydroxylation sites is 1. The highest BCUT2D eigenvalue weighted by Crippen LogP contribution is 2.30. The largest absolute Gasteiger partial charge is 0.352 e. The molecule has 30 heavy (non-hydrogen) atoms. The molecule has 1 aliphatic carbocycles. The third-order valence-corrected chi connectivity index (χ3v) is 6.53. The maximum absolute atomic E-state index is 12.8. The van der Waals surface area contributed by atoms with Gasteiger partial charge in [0.1, 0.15) is 5.82 Å². The molecule has 5 nitrogen and oxygen atoms in total. The van der Waals surface area contributed by atoms with Crippen molar-refractivity contribution in [2.75, 3.05) is 31.1 Å². The smallest absolute Gasteiger partial charge is 0.225 e. The van der Waals surface area contributed by atoms with E-state index in [1.54, 1.807) is 0 Å². The third kappa shape index (κ3) is 3.74. The van der Waals surface area contributed by atoms with E-state index in [-0.39, 0.29) is 5.92 Å². The fourth-order valence-corrected chi connectivity index (χ4v) is 4.72. The molecule has 1 aliphatic heterocycles. The van der Waals surface area contributed by atoms with Gasteiger partial charge in [-0.1, -0.05) is 36.6 Å². The Hall–Kier alpha value is -2.66. The summed E-state index contributed by atoms with van der Waals surface area (Å²) < 4.78 is 0. The fourth-order valence-electron chi connectivity index (χ4n) is 4.60. The summed E-state index contributed by atoms with van der Waals surface area (Å²) in [6.45, 7) is 3.09. The second-order valence-corrected chi connectivity index (χ2v) is 8.63. The van der Waals surface area contributed by atoms with E-state index in [2.05, 4.69) is 15.9 Å². The molecular formula is C24H25ClN4O. The third-order valence-electron chi connectivity index (χ3n) is 6.28. The maximum atomic E-state index is 12.8. The first-order valence-corrected chi connectivity index (χ1v) is 11.1. The van der Waals surface area contributed by atoms with Crippen LogP contribution in [-0.2, 0) is 4.79 Å². The van der Waals surface area contributed by atoms with Gasteiger partial charge in [-0.05, 0) is 49.2 Å². The Morgan fingerprint density at radius 3 is 2.33 bits per heavy atom. The summed E-state index contributed by atoms with van der Waals surface area (Å²) >= 11 is 6.05. The number of hydrogen-bond acceptors (Lipinski definition) is 4. The lowest BCUT2D eigenvalue weighted by atomic mass is 10.1. The van der Waals surface area contributed by atoms with Gasteiger partial charge >= 0.3 is 0 Å². The van der Waals surface area contributed by atoms with E-state index in [0.717, 1.165) is 61.3 Å². The van der Waals surface area contributed by atoms with Gasteiger partial charge in [0, 0.05) is 48.1 Å². The maximum Gasteiger partial charge on any atom is 0.225 e. The number of anilines is 1. The summed E-state index contributed by atoms with van der Waals surface area (Å²) in [5, 5.41) is 1.74. The Bertz CT molecular complexity index is 1050. The van der Waals surface area contributed by atoms with Crippen LogP contribution >= 0.6 is 11.6 Å². The summed E-state index contributed by atoms with van der Waals surface area (Å²) in [6, 6.07) is 15.8. The monoisotopic (exact) mass is 420 g/mol. The molecule has 0 N–H and O–H groups in total. The van der Waals surface area contributed by atoms with Gasteiger partial charge in [-0.3, -0.25) is 4.79 Å². The van der Waals surface area contributed by atoms with E-state index >= 15 is 0 Å². The molecule has 6 heteroatoms. The molecule has 0 spiro atoms. The molecule has 1 saturated carbocycles. The van der Waals surface area contributed by atoms with E-state index in [9.17, 15) is 4.79 Å². The zero-order chi connectivity index (χ0) is 20.5. The average molecular weight is 421 g/mol. The van der Waals surface area contributed by atoms with Crippen molar-refractivity contribution in [1.82, 2.24) is 14.9 Å². The summed E-state index contributed by atoms with van der Waals surface area (Å²) in [7, 11) is 0. The van der Waals surface area contributed by atoms with Crippen LogP contribution in [-0.4, -0.2) is 47.0 Å². The van der Waals surface area contributed by atoms with Crippen LogP contribution in [0.2, 0.25) is 5.02 Å². The summed E-state index contributed by atoms with van der Waals surface area (Å²) in [5.41, 5.74) is 1.87.